The first-order chi connectivity index (χ1) is 7.00. The van der Waals surface area contributed by atoms with Gasteiger partial charge in [-0.05, 0) is 8.02 Å². The fourth-order valence-electron chi connectivity index (χ4n) is 0.750. The second kappa shape index (κ2) is 13.5. The van der Waals surface area contributed by atoms with Crippen molar-refractivity contribution < 1.29 is 0 Å². The molecule has 0 radical (unpaired) electrons. The summed E-state index contributed by atoms with van der Waals surface area (Å²) in [7, 11) is 2.56. The normalized spacial score (nSPS) is 20.9. The molecule has 3 fully saturated rings. The molecule has 0 N–H and O–H groups in total. The van der Waals surface area contributed by atoms with Gasteiger partial charge >= 0.3 is 0 Å². The third kappa shape index (κ3) is 10.6. The van der Waals surface area contributed by atoms with Gasteiger partial charge in [0, 0.05) is 0 Å². The first-order valence-corrected chi connectivity index (χ1v) is 7.84. The molecule has 0 aromatic rings. The van der Waals surface area contributed by atoms with E-state index in [-0.39, 0.29) is 0 Å². The van der Waals surface area contributed by atoms with Crippen molar-refractivity contribution in [2.24, 2.45) is 0 Å². The second-order valence-corrected chi connectivity index (χ2v) is 4.24. The minimum atomic E-state index is 1.50. The summed E-state index contributed by atoms with van der Waals surface area (Å²) < 4.78 is 0. The van der Waals surface area contributed by atoms with Gasteiger partial charge in [0.1, 0.15) is 0 Å². The summed E-state index contributed by atoms with van der Waals surface area (Å²) in [5.74, 6) is 0. The lowest BCUT2D eigenvalue weighted by Crippen LogP contribution is -1.85. The summed E-state index contributed by atoms with van der Waals surface area (Å²) in [4.78, 5) is 0. The summed E-state index contributed by atoms with van der Waals surface area (Å²) >= 11 is 3.89. The Kier molecular flexibility index (Phi) is 14.0. The maximum Gasteiger partial charge on any atom is -0.0437 e. The third-order valence-electron chi connectivity index (χ3n) is 3.00. The Hall–Kier alpha value is 0.520. The van der Waals surface area contributed by atoms with E-state index in [4.69, 9.17) is 0 Å². The average Bonchev–Trinajstić information content (AvgIpc) is 1.77. The van der Waals surface area contributed by atoms with Crippen molar-refractivity contribution >= 4 is 19.8 Å². The highest BCUT2D eigenvalue weighted by Gasteiger charge is 1.96. The molecular weight excluding hydrogens is 207 g/mol. The quantitative estimate of drug-likeness (QED) is 0.512. The standard InChI is InChI=1S/3C4H8.HPS/c3*1-2-4-3-1;1-2/h3*1-4H2;1H. The summed E-state index contributed by atoms with van der Waals surface area (Å²) in [6.07, 6.45) is 18.0. The van der Waals surface area contributed by atoms with Gasteiger partial charge in [-0.3, -0.25) is 0 Å². The van der Waals surface area contributed by atoms with Gasteiger partial charge in [0.25, 0.3) is 0 Å². The highest BCUT2D eigenvalue weighted by molar-refractivity contribution is 7.88. The summed E-state index contributed by atoms with van der Waals surface area (Å²) in [6, 6.07) is 0. The van der Waals surface area contributed by atoms with Gasteiger partial charge in [-0.25, -0.2) is 0 Å². The maximum atomic E-state index is 3.89. The molecule has 0 nitrogen and oxygen atoms in total. The molecule has 84 valence electrons. The van der Waals surface area contributed by atoms with Crippen LogP contribution in [0.1, 0.15) is 77.0 Å². The Morgan fingerprint density at radius 2 is 0.429 bits per heavy atom. The molecule has 3 aliphatic rings. The van der Waals surface area contributed by atoms with Crippen LogP contribution in [0.15, 0.2) is 0 Å². The van der Waals surface area contributed by atoms with Crippen LogP contribution in [-0.4, -0.2) is 0 Å². The van der Waals surface area contributed by atoms with Gasteiger partial charge < -0.3 is 0 Å². The monoisotopic (exact) mass is 232 g/mol. The highest BCUT2D eigenvalue weighted by Crippen LogP contribution is 2.15. The lowest BCUT2D eigenvalue weighted by molar-refractivity contribution is 0.504. The van der Waals surface area contributed by atoms with Crippen LogP contribution >= 0.6 is 8.02 Å². The summed E-state index contributed by atoms with van der Waals surface area (Å²) in [5, 5.41) is 0. The molecule has 0 aliphatic heterocycles. The number of hydrogen-bond acceptors (Lipinski definition) is 1. The predicted octanol–water partition coefficient (Wildman–Crippen LogP) is 5.27. The number of rotatable bonds is 0. The smallest absolute Gasteiger partial charge is 0.0437 e. The first-order valence-electron chi connectivity index (χ1n) is 6.20. The van der Waals surface area contributed by atoms with Crippen molar-refractivity contribution in [3.8, 4) is 0 Å². The lowest BCUT2D eigenvalue weighted by Gasteiger charge is -2.05. The topological polar surface area (TPSA) is 0 Å². The van der Waals surface area contributed by atoms with Crippen LogP contribution in [-0.2, 0) is 11.8 Å². The molecule has 0 aromatic carbocycles. The van der Waals surface area contributed by atoms with Gasteiger partial charge in [-0.2, -0.15) is 0 Å². The summed E-state index contributed by atoms with van der Waals surface area (Å²) in [6.45, 7) is 0. The van der Waals surface area contributed by atoms with Crippen LogP contribution in [0.3, 0.4) is 0 Å². The largest absolute Gasteiger partial charge is 0.0615 e. The Bertz CT molecular complexity index is 63.5. The molecule has 0 spiro atoms. The zero-order valence-corrected chi connectivity index (χ0v) is 11.2. The van der Waals surface area contributed by atoms with Gasteiger partial charge in [0.15, 0.2) is 0 Å². The van der Waals surface area contributed by atoms with Crippen LogP contribution in [0.4, 0.5) is 0 Å². The van der Waals surface area contributed by atoms with E-state index in [1.54, 1.807) is 0 Å². The van der Waals surface area contributed by atoms with Crippen molar-refractivity contribution in [2.45, 2.75) is 77.0 Å². The van der Waals surface area contributed by atoms with Gasteiger partial charge in [-0.1, -0.05) is 88.9 Å². The molecule has 0 bridgehead atoms. The molecule has 2 heteroatoms. The SMILES string of the molecule is C1CCC1.C1CCC1.C1CCC1.P=S. The van der Waals surface area contributed by atoms with Crippen LogP contribution in [0, 0.1) is 0 Å². The molecule has 3 aliphatic carbocycles. The van der Waals surface area contributed by atoms with E-state index in [9.17, 15) is 0 Å². The molecule has 0 atom stereocenters. The van der Waals surface area contributed by atoms with E-state index in [2.05, 4.69) is 19.8 Å². The van der Waals surface area contributed by atoms with Crippen molar-refractivity contribution in [3.05, 3.63) is 0 Å². The zero-order valence-electron chi connectivity index (χ0n) is 9.39. The molecule has 0 heterocycles. The van der Waals surface area contributed by atoms with E-state index in [0.29, 0.717) is 0 Å². The van der Waals surface area contributed by atoms with Gasteiger partial charge in [0.2, 0.25) is 0 Å². The second-order valence-electron chi connectivity index (χ2n) is 4.24. The van der Waals surface area contributed by atoms with Crippen molar-refractivity contribution in [3.63, 3.8) is 0 Å². The van der Waals surface area contributed by atoms with Gasteiger partial charge in [0.05, 0.1) is 0 Å². The van der Waals surface area contributed by atoms with Crippen LogP contribution < -0.4 is 0 Å². The van der Waals surface area contributed by atoms with E-state index in [1.165, 1.54) is 77.0 Å². The van der Waals surface area contributed by atoms with E-state index < -0.39 is 0 Å². The Balaban J connectivity index is 0.000000167. The molecular formula is C12H25PS. The van der Waals surface area contributed by atoms with Crippen LogP contribution in [0.2, 0.25) is 0 Å². The summed E-state index contributed by atoms with van der Waals surface area (Å²) in [5.41, 5.74) is 0. The number of hydrogen-bond donors (Lipinski definition) is 0. The minimum absolute atomic E-state index is 1.50. The predicted molar refractivity (Wildman–Crippen MR) is 71.1 cm³/mol. The molecule has 0 aromatic heterocycles. The molecule has 3 saturated carbocycles. The molecule has 14 heavy (non-hydrogen) atoms. The molecule has 0 amide bonds. The third-order valence-corrected chi connectivity index (χ3v) is 3.00. The van der Waals surface area contributed by atoms with E-state index in [0.717, 1.165) is 0 Å². The van der Waals surface area contributed by atoms with Crippen LogP contribution in [0.25, 0.3) is 0 Å². The Morgan fingerprint density at radius 3 is 0.429 bits per heavy atom. The zero-order chi connectivity index (χ0) is 10.5. The van der Waals surface area contributed by atoms with Crippen molar-refractivity contribution in [1.82, 2.24) is 0 Å². The lowest BCUT2D eigenvalue weighted by atomic mass is 10.0. The fraction of sp³-hybridized carbons (Fsp3) is 1.00. The van der Waals surface area contributed by atoms with Crippen molar-refractivity contribution in [1.29, 1.82) is 0 Å². The molecule has 3 rings (SSSR count). The van der Waals surface area contributed by atoms with E-state index in [1.807, 2.05) is 0 Å². The fourth-order valence-corrected chi connectivity index (χ4v) is 0.750. The van der Waals surface area contributed by atoms with Gasteiger partial charge in [-0.15, -0.1) is 0 Å². The average molecular weight is 232 g/mol. The Labute approximate surface area is 97.1 Å². The van der Waals surface area contributed by atoms with E-state index >= 15 is 0 Å². The van der Waals surface area contributed by atoms with Crippen LogP contribution in [0.5, 0.6) is 0 Å². The minimum Gasteiger partial charge on any atom is -0.0615 e. The molecule has 0 saturated heterocycles. The highest BCUT2D eigenvalue weighted by atomic mass is 32.4. The van der Waals surface area contributed by atoms with Crippen molar-refractivity contribution in [2.75, 3.05) is 0 Å². The first kappa shape index (κ1) is 14.5. The maximum absolute atomic E-state index is 3.89. The molecule has 0 unspecified atom stereocenters. The Morgan fingerprint density at radius 1 is 0.357 bits per heavy atom.